The molecule has 0 N–H and O–H groups in total. The van der Waals surface area contributed by atoms with Crippen molar-refractivity contribution in [1.29, 1.82) is 0 Å². The number of rotatable bonds is 1. The van der Waals surface area contributed by atoms with E-state index in [1.807, 2.05) is 19.6 Å². The van der Waals surface area contributed by atoms with Crippen LogP contribution in [0.5, 0.6) is 0 Å². The molecule has 0 radical (unpaired) electrons. The molecule has 0 aromatic rings. The monoisotopic (exact) mass is 122 g/mol. The first-order chi connectivity index (χ1) is 2.94. The van der Waals surface area contributed by atoms with Crippen molar-refractivity contribution in [2.75, 3.05) is 0 Å². The van der Waals surface area contributed by atoms with Gasteiger partial charge in [-0.25, -0.2) is 0 Å². The fourth-order valence-corrected chi connectivity index (χ4v) is 0. The summed E-state index contributed by atoms with van der Waals surface area (Å²) in [6, 6.07) is 0. The van der Waals surface area contributed by atoms with Crippen molar-refractivity contribution < 1.29 is 24.0 Å². The van der Waals surface area contributed by atoms with Gasteiger partial charge in [0.05, 0.1) is 8.07 Å². The first kappa shape index (κ1) is 11.2. The minimum atomic E-state index is -1.48. The molecule has 0 rings (SSSR count). The number of hydrogen-bond donors (Lipinski definition) is 0. The van der Waals surface area contributed by atoms with Crippen molar-refractivity contribution in [2.24, 2.45) is 0 Å². The third kappa shape index (κ3) is 4.51. The summed E-state index contributed by atoms with van der Waals surface area (Å²) >= 11 is 0. The molecule has 8 heavy (non-hydrogen) atoms. The van der Waals surface area contributed by atoms with E-state index in [0.717, 1.165) is 0 Å². The van der Waals surface area contributed by atoms with Crippen molar-refractivity contribution in [3.05, 3.63) is 12.0 Å². The van der Waals surface area contributed by atoms with Gasteiger partial charge in [-0.15, -0.1) is 6.58 Å². The van der Waals surface area contributed by atoms with E-state index in [9.17, 15) is 5.11 Å². The summed E-state index contributed by atoms with van der Waals surface area (Å²) in [7, 11) is -1.48. The van der Waals surface area contributed by atoms with E-state index in [1.54, 1.807) is 0 Å². The summed E-state index contributed by atoms with van der Waals surface area (Å²) in [5.41, 5.74) is 0. The van der Waals surface area contributed by atoms with Gasteiger partial charge in [0.25, 0.3) is 0 Å². The van der Waals surface area contributed by atoms with Crippen molar-refractivity contribution >= 4 is 8.07 Å². The van der Waals surface area contributed by atoms with E-state index in [1.165, 1.54) is 0 Å². The molecule has 0 bridgehead atoms. The van der Waals surface area contributed by atoms with Gasteiger partial charge < -0.3 is 5.11 Å². The molecule has 0 saturated carbocycles. The molecule has 0 aliphatic rings. The van der Waals surface area contributed by atoms with E-state index in [2.05, 4.69) is 6.58 Å². The standard InChI is InChI=1S/C5H12OSi.Li/c1-5(6)7(2,3)4;/h6H,1H2,2-4H3;/q;+1/p-1. The molecule has 0 spiro atoms. The molecule has 0 aliphatic carbocycles. The van der Waals surface area contributed by atoms with Crippen LogP contribution in [0.15, 0.2) is 12.0 Å². The van der Waals surface area contributed by atoms with Crippen LogP contribution in [0.4, 0.5) is 0 Å². The van der Waals surface area contributed by atoms with E-state index >= 15 is 0 Å². The zero-order valence-corrected chi connectivity index (χ0v) is 7.12. The Labute approximate surface area is 64.0 Å². The largest absolute Gasteiger partial charge is 1.00 e. The molecule has 42 valence electrons. The normalized spacial score (nSPS) is 9.88. The molecule has 0 aliphatic heterocycles. The van der Waals surface area contributed by atoms with Crippen LogP contribution in [0.1, 0.15) is 0 Å². The van der Waals surface area contributed by atoms with Crippen LogP contribution in [0, 0.1) is 0 Å². The van der Waals surface area contributed by atoms with Gasteiger partial charge >= 0.3 is 18.9 Å². The molecule has 0 amide bonds. The van der Waals surface area contributed by atoms with Crippen LogP contribution in [0.25, 0.3) is 0 Å². The molecule has 0 heterocycles. The fourth-order valence-electron chi connectivity index (χ4n) is 0. The summed E-state index contributed by atoms with van der Waals surface area (Å²) in [4.78, 5) is 0. The summed E-state index contributed by atoms with van der Waals surface area (Å²) in [6.07, 6.45) is 0. The Balaban J connectivity index is 0. The number of hydrogen-bond acceptors (Lipinski definition) is 1. The van der Waals surface area contributed by atoms with E-state index in [-0.39, 0.29) is 24.2 Å². The SMILES string of the molecule is C=C([O-])[Si](C)(C)C.[Li+]. The summed E-state index contributed by atoms with van der Waals surface area (Å²) < 4.78 is 0. The Morgan fingerprint density at radius 2 is 1.50 bits per heavy atom. The third-order valence-electron chi connectivity index (χ3n) is 0.837. The van der Waals surface area contributed by atoms with E-state index < -0.39 is 8.07 Å². The van der Waals surface area contributed by atoms with Gasteiger partial charge in [-0.2, -0.15) is 5.38 Å². The minimum absolute atomic E-state index is 0. The average molecular weight is 122 g/mol. The van der Waals surface area contributed by atoms with Crippen LogP contribution < -0.4 is 24.0 Å². The zero-order chi connectivity index (χ0) is 6.08. The molecular weight excluding hydrogens is 111 g/mol. The Bertz CT molecular complexity index is 84.9. The predicted molar refractivity (Wildman–Crippen MR) is 32.5 cm³/mol. The van der Waals surface area contributed by atoms with Crippen LogP contribution in [-0.2, 0) is 0 Å². The van der Waals surface area contributed by atoms with Crippen molar-refractivity contribution in [1.82, 2.24) is 0 Å². The fraction of sp³-hybridized carbons (Fsp3) is 0.600. The minimum Gasteiger partial charge on any atom is -0.879 e. The van der Waals surface area contributed by atoms with Crippen molar-refractivity contribution in [3.63, 3.8) is 0 Å². The predicted octanol–water partition coefficient (Wildman–Crippen LogP) is -2.26. The molecule has 3 heteroatoms. The van der Waals surface area contributed by atoms with E-state index in [0.29, 0.717) is 0 Å². The van der Waals surface area contributed by atoms with Gasteiger partial charge in [0.1, 0.15) is 0 Å². The Kier molecular flexibility index (Phi) is 4.75. The second-order valence-corrected chi connectivity index (χ2v) is 7.73. The van der Waals surface area contributed by atoms with Gasteiger partial charge in [0.15, 0.2) is 0 Å². The van der Waals surface area contributed by atoms with Gasteiger partial charge in [-0.05, 0) is 0 Å². The molecule has 0 unspecified atom stereocenters. The van der Waals surface area contributed by atoms with Gasteiger partial charge in [0.2, 0.25) is 0 Å². The maximum Gasteiger partial charge on any atom is 1.00 e. The smallest absolute Gasteiger partial charge is 0.879 e. The molecule has 0 fully saturated rings. The van der Waals surface area contributed by atoms with Gasteiger partial charge in [-0.3, -0.25) is 0 Å². The van der Waals surface area contributed by atoms with Crippen LogP contribution in [0.2, 0.25) is 19.6 Å². The topological polar surface area (TPSA) is 23.1 Å². The molecule has 1 nitrogen and oxygen atoms in total. The van der Waals surface area contributed by atoms with Crippen molar-refractivity contribution in [3.8, 4) is 0 Å². The van der Waals surface area contributed by atoms with Crippen molar-refractivity contribution in [2.45, 2.75) is 19.6 Å². The van der Waals surface area contributed by atoms with Crippen LogP contribution in [0.3, 0.4) is 0 Å². The molecule has 0 aromatic carbocycles. The maximum absolute atomic E-state index is 10.4. The third-order valence-corrected chi connectivity index (χ3v) is 2.51. The molecule has 0 atom stereocenters. The first-order valence-corrected chi connectivity index (χ1v) is 5.81. The zero-order valence-electron chi connectivity index (χ0n) is 6.12. The molecular formula is C5H11LiOSi. The van der Waals surface area contributed by atoms with Gasteiger partial charge in [-0.1, -0.05) is 19.6 Å². The van der Waals surface area contributed by atoms with Gasteiger partial charge in [0, 0.05) is 0 Å². The first-order valence-electron chi connectivity index (χ1n) is 2.31. The quantitative estimate of drug-likeness (QED) is 0.284. The summed E-state index contributed by atoms with van der Waals surface area (Å²) in [5, 5.41) is 10.5. The Morgan fingerprint density at radius 3 is 1.50 bits per heavy atom. The summed E-state index contributed by atoms with van der Waals surface area (Å²) in [6.45, 7) is 9.30. The van der Waals surface area contributed by atoms with E-state index in [4.69, 9.17) is 0 Å². The average Bonchev–Trinajstić information content (AvgIpc) is 1.31. The van der Waals surface area contributed by atoms with Crippen LogP contribution >= 0.6 is 0 Å². The Morgan fingerprint density at radius 1 is 1.38 bits per heavy atom. The second kappa shape index (κ2) is 3.39. The maximum atomic E-state index is 10.4. The molecule has 0 aromatic heterocycles. The van der Waals surface area contributed by atoms with Crippen LogP contribution in [-0.4, -0.2) is 8.07 Å². The molecule has 0 saturated heterocycles. The Hall–Kier alpha value is 0.354. The summed E-state index contributed by atoms with van der Waals surface area (Å²) in [5.74, 6) is 0. The second-order valence-electron chi connectivity index (χ2n) is 2.67.